The molecule has 0 amide bonds. The zero-order chi connectivity index (χ0) is 11.3. The van der Waals surface area contributed by atoms with Crippen LogP contribution in [0.5, 0.6) is 5.75 Å². The predicted octanol–water partition coefficient (Wildman–Crippen LogP) is 3.41. The molecule has 0 fully saturated rings. The molecule has 2 heteroatoms. The first-order chi connectivity index (χ1) is 7.15. The number of nitrogens with two attached hydrogens (primary N) is 1. The van der Waals surface area contributed by atoms with Crippen LogP contribution < -0.4 is 5.73 Å². The van der Waals surface area contributed by atoms with E-state index in [0.717, 1.165) is 12.0 Å². The summed E-state index contributed by atoms with van der Waals surface area (Å²) in [5.74, 6) is 0.199. The van der Waals surface area contributed by atoms with Crippen LogP contribution in [0.4, 0.5) is 5.69 Å². The normalized spacial score (nSPS) is 10.5. The number of hydrogen-bond donors (Lipinski definition) is 2. The zero-order valence-electron chi connectivity index (χ0n) is 9.71. The van der Waals surface area contributed by atoms with Gasteiger partial charge in [0.25, 0.3) is 0 Å². The van der Waals surface area contributed by atoms with Gasteiger partial charge in [-0.05, 0) is 43.0 Å². The van der Waals surface area contributed by atoms with E-state index < -0.39 is 0 Å². The molecule has 1 aromatic rings. The van der Waals surface area contributed by atoms with Crippen LogP contribution in [0.25, 0.3) is 0 Å². The fourth-order valence-corrected chi connectivity index (χ4v) is 1.77. The highest BCUT2D eigenvalue weighted by molar-refractivity contribution is 5.55. The molecule has 0 spiro atoms. The topological polar surface area (TPSA) is 46.2 Å². The third kappa shape index (κ3) is 3.46. The summed E-state index contributed by atoms with van der Waals surface area (Å²) in [5, 5.41) is 9.41. The third-order valence-corrected chi connectivity index (χ3v) is 2.78. The summed E-state index contributed by atoms with van der Waals surface area (Å²) in [5.41, 5.74) is 8.56. The van der Waals surface area contributed by atoms with Gasteiger partial charge >= 0.3 is 0 Å². The van der Waals surface area contributed by atoms with Crippen molar-refractivity contribution in [3.8, 4) is 5.75 Å². The summed E-state index contributed by atoms with van der Waals surface area (Å²) in [6.07, 6.45) is 6.11. The summed E-state index contributed by atoms with van der Waals surface area (Å²) in [6.45, 7) is 4.23. The van der Waals surface area contributed by atoms with Gasteiger partial charge in [0, 0.05) is 0 Å². The Labute approximate surface area is 92.1 Å². The van der Waals surface area contributed by atoms with Crippen molar-refractivity contribution in [3.05, 3.63) is 23.3 Å². The number of phenols is 1. The van der Waals surface area contributed by atoms with Crippen LogP contribution in [0.3, 0.4) is 0 Å². The van der Waals surface area contributed by atoms with Crippen molar-refractivity contribution in [1.29, 1.82) is 0 Å². The molecule has 0 aliphatic rings. The number of phenolic OH excluding ortho intramolecular Hbond substituents is 1. The molecule has 15 heavy (non-hydrogen) atoms. The van der Waals surface area contributed by atoms with Gasteiger partial charge < -0.3 is 10.8 Å². The Morgan fingerprint density at radius 2 is 1.93 bits per heavy atom. The van der Waals surface area contributed by atoms with Crippen LogP contribution in [0.15, 0.2) is 12.1 Å². The van der Waals surface area contributed by atoms with E-state index in [-0.39, 0.29) is 5.75 Å². The Balaban J connectivity index is 2.57. The first-order valence-electron chi connectivity index (χ1n) is 5.73. The Morgan fingerprint density at radius 1 is 1.20 bits per heavy atom. The largest absolute Gasteiger partial charge is 0.506 e. The summed E-state index contributed by atoms with van der Waals surface area (Å²) < 4.78 is 0. The minimum Gasteiger partial charge on any atom is -0.506 e. The van der Waals surface area contributed by atoms with Gasteiger partial charge in [0.15, 0.2) is 0 Å². The molecule has 0 saturated heterocycles. The summed E-state index contributed by atoms with van der Waals surface area (Å²) in [6, 6.07) is 3.65. The Bertz CT molecular complexity index is 321. The van der Waals surface area contributed by atoms with Gasteiger partial charge in [-0.2, -0.15) is 0 Å². The maximum atomic E-state index is 9.41. The molecule has 2 nitrogen and oxygen atoms in total. The molecule has 0 bridgehead atoms. The molecule has 1 aromatic carbocycles. The monoisotopic (exact) mass is 207 g/mol. The number of unbranched alkanes of at least 4 members (excludes halogenated alkanes) is 3. The number of benzene rings is 1. The lowest BCUT2D eigenvalue weighted by molar-refractivity contribution is 0.477. The van der Waals surface area contributed by atoms with Gasteiger partial charge in [-0.1, -0.05) is 26.2 Å². The number of nitrogen functional groups attached to an aromatic ring is 1. The van der Waals surface area contributed by atoms with Crippen LogP contribution >= 0.6 is 0 Å². The Hall–Kier alpha value is -1.18. The van der Waals surface area contributed by atoms with Crippen molar-refractivity contribution in [3.63, 3.8) is 0 Å². The lowest BCUT2D eigenvalue weighted by Crippen LogP contribution is -1.94. The second kappa shape index (κ2) is 5.64. The number of anilines is 1. The summed E-state index contributed by atoms with van der Waals surface area (Å²) in [4.78, 5) is 0. The molecule has 0 unspecified atom stereocenters. The lowest BCUT2D eigenvalue weighted by atomic mass is 10.0. The van der Waals surface area contributed by atoms with E-state index in [9.17, 15) is 5.11 Å². The van der Waals surface area contributed by atoms with E-state index >= 15 is 0 Å². The third-order valence-electron chi connectivity index (χ3n) is 2.78. The second-order valence-electron chi connectivity index (χ2n) is 4.15. The average molecular weight is 207 g/mol. The van der Waals surface area contributed by atoms with E-state index in [2.05, 4.69) is 6.92 Å². The highest BCUT2D eigenvalue weighted by Crippen LogP contribution is 2.25. The van der Waals surface area contributed by atoms with Crippen molar-refractivity contribution in [2.24, 2.45) is 0 Å². The molecule has 84 valence electrons. The second-order valence-corrected chi connectivity index (χ2v) is 4.15. The van der Waals surface area contributed by atoms with Crippen LogP contribution in [0, 0.1) is 6.92 Å². The van der Waals surface area contributed by atoms with Crippen LogP contribution in [0.1, 0.15) is 43.7 Å². The molecule has 0 radical (unpaired) electrons. The lowest BCUT2D eigenvalue weighted by Gasteiger charge is -2.08. The smallest absolute Gasteiger partial charge is 0.138 e. The number of rotatable bonds is 5. The molecule has 0 atom stereocenters. The fourth-order valence-electron chi connectivity index (χ4n) is 1.77. The number of aromatic hydroxyl groups is 1. The Kier molecular flexibility index (Phi) is 4.47. The maximum Gasteiger partial charge on any atom is 0.138 e. The Morgan fingerprint density at radius 3 is 2.60 bits per heavy atom. The van der Waals surface area contributed by atoms with Crippen molar-refractivity contribution < 1.29 is 5.11 Å². The van der Waals surface area contributed by atoms with E-state index in [0.29, 0.717) is 5.69 Å². The van der Waals surface area contributed by atoms with Crippen molar-refractivity contribution in [2.45, 2.75) is 46.0 Å². The fraction of sp³-hybridized carbons (Fsp3) is 0.538. The van der Waals surface area contributed by atoms with Crippen LogP contribution in [-0.2, 0) is 6.42 Å². The molecular formula is C13H21NO. The molecular weight excluding hydrogens is 186 g/mol. The molecule has 0 heterocycles. The summed E-state index contributed by atoms with van der Waals surface area (Å²) >= 11 is 0. The minimum atomic E-state index is 0.199. The van der Waals surface area contributed by atoms with Gasteiger partial charge in [0.05, 0.1) is 5.69 Å². The summed E-state index contributed by atoms with van der Waals surface area (Å²) in [7, 11) is 0. The van der Waals surface area contributed by atoms with Gasteiger partial charge in [0.1, 0.15) is 5.75 Å². The molecule has 3 N–H and O–H groups in total. The van der Waals surface area contributed by atoms with E-state index in [1.807, 2.05) is 13.0 Å². The quantitative estimate of drug-likeness (QED) is 0.441. The van der Waals surface area contributed by atoms with Gasteiger partial charge in [-0.25, -0.2) is 0 Å². The standard InChI is InChI=1S/C13H21NO/c1-3-4-5-6-7-11-9-12(14)13(15)8-10(11)2/h8-9,15H,3-7,14H2,1-2H3. The molecule has 0 aliphatic carbocycles. The van der Waals surface area contributed by atoms with Crippen molar-refractivity contribution in [1.82, 2.24) is 0 Å². The maximum absolute atomic E-state index is 9.41. The molecule has 0 aliphatic heterocycles. The number of aryl methyl sites for hydroxylation is 2. The molecule has 0 saturated carbocycles. The van der Waals surface area contributed by atoms with Gasteiger partial charge in [-0.3, -0.25) is 0 Å². The van der Waals surface area contributed by atoms with E-state index in [1.54, 1.807) is 6.07 Å². The minimum absolute atomic E-state index is 0.199. The number of hydrogen-bond acceptors (Lipinski definition) is 2. The highest BCUT2D eigenvalue weighted by atomic mass is 16.3. The predicted molar refractivity (Wildman–Crippen MR) is 65.1 cm³/mol. The van der Waals surface area contributed by atoms with E-state index in [4.69, 9.17) is 5.73 Å². The van der Waals surface area contributed by atoms with Crippen molar-refractivity contribution in [2.75, 3.05) is 5.73 Å². The first-order valence-corrected chi connectivity index (χ1v) is 5.73. The zero-order valence-corrected chi connectivity index (χ0v) is 9.71. The molecule has 1 rings (SSSR count). The van der Waals surface area contributed by atoms with Gasteiger partial charge in [-0.15, -0.1) is 0 Å². The molecule has 0 aromatic heterocycles. The SMILES string of the molecule is CCCCCCc1cc(N)c(O)cc1C. The van der Waals surface area contributed by atoms with Gasteiger partial charge in [0.2, 0.25) is 0 Å². The first kappa shape index (κ1) is 11.9. The highest BCUT2D eigenvalue weighted by Gasteiger charge is 2.03. The average Bonchev–Trinajstić information content (AvgIpc) is 2.20. The van der Waals surface area contributed by atoms with Crippen molar-refractivity contribution >= 4 is 5.69 Å². The van der Waals surface area contributed by atoms with Crippen LogP contribution in [0.2, 0.25) is 0 Å². The van der Waals surface area contributed by atoms with Crippen LogP contribution in [-0.4, -0.2) is 5.11 Å². The van der Waals surface area contributed by atoms with E-state index in [1.165, 1.54) is 31.2 Å².